The Hall–Kier alpha value is -5.61. The van der Waals surface area contributed by atoms with Gasteiger partial charge in [-0.2, -0.15) is 26.3 Å². The van der Waals surface area contributed by atoms with Crippen molar-refractivity contribution in [3.63, 3.8) is 0 Å². The Bertz CT molecular complexity index is 1680. The molecule has 4 aromatic rings. The molecule has 4 rings (SSSR count). The molecule has 1 aromatic heterocycles. The van der Waals surface area contributed by atoms with Gasteiger partial charge >= 0.3 is 24.3 Å². The molecule has 0 bridgehead atoms. The van der Waals surface area contributed by atoms with Crippen molar-refractivity contribution in [2.75, 3.05) is 4.90 Å². The summed E-state index contributed by atoms with van der Waals surface area (Å²) >= 11 is 0. The molecule has 3 aromatic carbocycles. The number of alkyl halides is 6. The van der Waals surface area contributed by atoms with Crippen molar-refractivity contribution in [1.82, 2.24) is 9.97 Å². The van der Waals surface area contributed by atoms with Crippen molar-refractivity contribution in [2.24, 2.45) is 5.73 Å². The monoisotopic (exact) mass is 699 g/mol. The Morgan fingerprint density at radius 2 is 1.49 bits per heavy atom. The molecule has 0 aliphatic rings. The van der Waals surface area contributed by atoms with E-state index in [9.17, 15) is 26.3 Å². The van der Waals surface area contributed by atoms with Gasteiger partial charge in [-0.05, 0) is 62.2 Å². The maximum Gasteiger partial charge on any atom is 0.490 e. The number of aromatic nitrogens is 2. The minimum atomic E-state index is -5.08. The van der Waals surface area contributed by atoms with Gasteiger partial charge in [0, 0.05) is 23.0 Å². The lowest BCUT2D eigenvalue weighted by Crippen LogP contribution is -2.21. The van der Waals surface area contributed by atoms with Gasteiger partial charge in [-0.15, -0.1) is 0 Å². The summed E-state index contributed by atoms with van der Waals surface area (Å²) in [5.74, 6) is -5.05. The number of amidine groups is 1. The van der Waals surface area contributed by atoms with Crippen molar-refractivity contribution in [3.05, 3.63) is 95.7 Å². The number of hydrogen-bond donors (Lipinski definition) is 5. The van der Waals surface area contributed by atoms with Crippen LogP contribution in [0.15, 0.2) is 72.9 Å². The smallest absolute Gasteiger partial charge is 0.488 e. The normalized spacial score (nSPS) is 11.1. The Morgan fingerprint density at radius 3 is 1.94 bits per heavy atom. The summed E-state index contributed by atoms with van der Waals surface area (Å²) in [4.78, 5) is 27.6. The summed E-state index contributed by atoms with van der Waals surface area (Å²) in [5, 5.41) is 21.9. The summed E-state index contributed by atoms with van der Waals surface area (Å²) in [6.07, 6.45) is -7.74. The summed E-state index contributed by atoms with van der Waals surface area (Å²) in [6, 6.07) is 20.7. The molecule has 17 heteroatoms. The second-order valence-corrected chi connectivity index (χ2v) is 10.2. The van der Waals surface area contributed by atoms with Crippen LogP contribution in [0.2, 0.25) is 0 Å². The summed E-state index contributed by atoms with van der Waals surface area (Å²) in [7, 11) is 0. The van der Waals surface area contributed by atoms with Crippen LogP contribution in [0.3, 0.4) is 0 Å². The third-order valence-corrected chi connectivity index (χ3v) is 6.12. The van der Waals surface area contributed by atoms with Crippen LogP contribution < -0.4 is 15.4 Å². The predicted molar refractivity (Wildman–Crippen MR) is 166 cm³/mol. The number of aromatic amines is 1. The molecule has 0 radical (unpaired) electrons. The number of hydrogen-bond acceptors (Lipinski definition) is 6. The number of carboxylic acids is 2. The van der Waals surface area contributed by atoms with Gasteiger partial charge in [-0.25, -0.2) is 19.0 Å². The number of nitrogens with zero attached hydrogens (tertiary/aromatic N) is 2. The average Bonchev–Trinajstić information content (AvgIpc) is 3.50. The van der Waals surface area contributed by atoms with Crippen molar-refractivity contribution in [3.8, 4) is 17.0 Å². The number of nitrogen functional groups attached to an aromatic ring is 1. The second kappa shape index (κ2) is 17.0. The molecule has 1 heterocycles. The Balaban J connectivity index is 0.000000500. The summed E-state index contributed by atoms with van der Waals surface area (Å²) in [6.45, 7) is 6.09. The molecule has 0 spiro atoms. The molecular formula is C32H32F7N5O5. The first kappa shape index (κ1) is 39.6. The SMILES string of the molecule is CCc1cc(OC(C)C)c(F)c(N(Cc2nc(-c3ccccc3)c[nH]2)c2ccc(C(=N)N)cc2)c1.O=C(O)C(F)(F)F.O=C(O)C(F)(F)F. The zero-order valence-electron chi connectivity index (χ0n) is 26.2. The second-order valence-electron chi connectivity index (χ2n) is 10.2. The Morgan fingerprint density at radius 1 is 0.959 bits per heavy atom. The first-order valence-corrected chi connectivity index (χ1v) is 14.2. The molecule has 0 unspecified atom stereocenters. The Labute approximate surface area is 275 Å². The molecule has 0 atom stereocenters. The topological polar surface area (TPSA) is 166 Å². The third-order valence-electron chi connectivity index (χ3n) is 6.12. The number of imidazole rings is 1. The molecule has 6 N–H and O–H groups in total. The number of ether oxygens (including phenoxy) is 1. The molecule has 0 aliphatic carbocycles. The molecular weight excluding hydrogens is 667 g/mol. The summed E-state index contributed by atoms with van der Waals surface area (Å²) in [5.41, 5.74) is 10.2. The molecule has 0 saturated heterocycles. The molecule has 0 saturated carbocycles. The number of carbonyl (C=O) groups is 2. The maximum absolute atomic E-state index is 15.8. The maximum atomic E-state index is 15.8. The van der Waals surface area contributed by atoms with E-state index in [0.717, 1.165) is 28.9 Å². The lowest BCUT2D eigenvalue weighted by atomic mass is 10.1. The number of aryl methyl sites for hydroxylation is 1. The minimum Gasteiger partial charge on any atom is -0.488 e. The van der Waals surface area contributed by atoms with E-state index in [2.05, 4.69) is 4.98 Å². The highest BCUT2D eigenvalue weighted by Gasteiger charge is 2.38. The average molecular weight is 700 g/mol. The number of halogens is 7. The fourth-order valence-electron chi connectivity index (χ4n) is 3.86. The van der Waals surface area contributed by atoms with Gasteiger partial charge in [0.25, 0.3) is 0 Å². The fraction of sp³-hybridized carbons (Fsp3) is 0.250. The van der Waals surface area contributed by atoms with Crippen molar-refractivity contribution in [1.29, 1.82) is 5.41 Å². The lowest BCUT2D eigenvalue weighted by Gasteiger charge is -2.26. The number of benzene rings is 3. The van der Waals surface area contributed by atoms with Crippen LogP contribution >= 0.6 is 0 Å². The number of nitrogens with two attached hydrogens (primary N) is 1. The Kier molecular flexibility index (Phi) is 13.7. The number of aliphatic carboxylic acids is 2. The van der Waals surface area contributed by atoms with E-state index in [1.807, 2.05) is 80.4 Å². The summed E-state index contributed by atoms with van der Waals surface area (Å²) < 4.78 is 85.1. The van der Waals surface area contributed by atoms with Crippen molar-refractivity contribution in [2.45, 2.75) is 52.2 Å². The van der Waals surface area contributed by atoms with E-state index in [-0.39, 0.29) is 17.7 Å². The quantitative estimate of drug-likeness (QED) is 0.0683. The van der Waals surface area contributed by atoms with E-state index < -0.39 is 30.1 Å². The van der Waals surface area contributed by atoms with E-state index >= 15 is 4.39 Å². The first-order valence-electron chi connectivity index (χ1n) is 14.2. The van der Waals surface area contributed by atoms with Crippen LogP contribution in [0.25, 0.3) is 11.3 Å². The van der Waals surface area contributed by atoms with Gasteiger partial charge in [0.15, 0.2) is 11.6 Å². The van der Waals surface area contributed by atoms with Crippen LogP contribution in [-0.2, 0) is 22.6 Å². The van der Waals surface area contributed by atoms with Gasteiger partial charge in [0.1, 0.15) is 11.7 Å². The zero-order valence-corrected chi connectivity index (χ0v) is 26.2. The lowest BCUT2D eigenvalue weighted by molar-refractivity contribution is -0.193. The van der Waals surface area contributed by atoms with Gasteiger partial charge in [0.05, 0.1) is 24.0 Å². The van der Waals surface area contributed by atoms with Crippen molar-refractivity contribution >= 4 is 29.1 Å². The van der Waals surface area contributed by atoms with Gasteiger partial charge in [-0.1, -0.05) is 37.3 Å². The molecule has 264 valence electrons. The molecule has 10 nitrogen and oxygen atoms in total. The molecule has 0 amide bonds. The van der Waals surface area contributed by atoms with E-state index in [1.165, 1.54) is 0 Å². The van der Waals surface area contributed by atoms with E-state index in [4.69, 9.17) is 40.7 Å². The van der Waals surface area contributed by atoms with Crippen molar-refractivity contribution < 1.29 is 55.3 Å². The highest BCUT2D eigenvalue weighted by atomic mass is 19.4. The predicted octanol–water partition coefficient (Wildman–Crippen LogP) is 7.45. The number of anilines is 2. The highest BCUT2D eigenvalue weighted by Crippen LogP contribution is 2.36. The van der Waals surface area contributed by atoms with Crippen LogP contribution in [0.4, 0.5) is 42.1 Å². The van der Waals surface area contributed by atoms with Crippen LogP contribution in [0.1, 0.15) is 37.7 Å². The standard InChI is InChI=1S/C28H30FN5O.2C2HF3O2/c1-4-19-14-24(27(29)25(15-19)35-18(2)3)34(22-12-10-21(11-13-22)28(30)31)17-26-32-16-23(33-26)20-8-6-5-7-9-20;2*3-2(4,5)1(6)7/h5-16,18H,4,17H2,1-3H3,(H3,30,31)(H,32,33);2*(H,6,7). The van der Waals surface area contributed by atoms with Crippen LogP contribution in [0.5, 0.6) is 5.75 Å². The number of rotatable bonds is 9. The highest BCUT2D eigenvalue weighted by molar-refractivity contribution is 5.95. The largest absolute Gasteiger partial charge is 0.490 e. The van der Waals surface area contributed by atoms with Crippen LogP contribution in [-0.4, -0.2) is 56.4 Å². The minimum absolute atomic E-state index is 0.0200. The first-order chi connectivity index (χ1) is 22.7. The number of carboxylic acid groups (broad SMARTS) is 2. The number of H-pyrrole nitrogens is 1. The fourth-order valence-corrected chi connectivity index (χ4v) is 3.86. The number of nitrogens with one attached hydrogen (secondary N) is 2. The van der Waals surface area contributed by atoms with Gasteiger partial charge in [0.2, 0.25) is 0 Å². The molecule has 49 heavy (non-hydrogen) atoms. The van der Waals surface area contributed by atoms with E-state index in [0.29, 0.717) is 23.6 Å². The van der Waals surface area contributed by atoms with Gasteiger partial charge < -0.3 is 30.6 Å². The van der Waals surface area contributed by atoms with E-state index in [1.54, 1.807) is 18.2 Å². The molecule has 0 aliphatic heterocycles. The van der Waals surface area contributed by atoms with Gasteiger partial charge in [-0.3, -0.25) is 5.41 Å². The molecule has 0 fully saturated rings. The zero-order chi connectivity index (χ0) is 37.1. The van der Waals surface area contributed by atoms with Crippen LogP contribution in [0, 0.1) is 11.2 Å². The third kappa shape index (κ3) is 12.2.